The molecule has 190 valence electrons. The zero-order valence-corrected chi connectivity index (χ0v) is 20.7. The number of aliphatic hydroxyl groups is 1. The van der Waals surface area contributed by atoms with Crippen LogP contribution in [0.15, 0.2) is 0 Å². The minimum Gasteiger partial charge on any atom is -0.480 e. The minimum absolute atomic E-state index is 0.0205. The molecule has 14 heteroatoms. The van der Waals surface area contributed by atoms with Crippen molar-refractivity contribution >= 4 is 53.1 Å². The molecule has 0 aliphatic rings. The molecule has 5 unspecified atom stereocenters. The van der Waals surface area contributed by atoms with Crippen LogP contribution < -0.4 is 27.4 Å². The minimum atomic E-state index is -1.54. The van der Waals surface area contributed by atoms with E-state index in [4.69, 9.17) is 11.5 Å². The van der Waals surface area contributed by atoms with Gasteiger partial charge in [-0.2, -0.15) is 23.5 Å². The van der Waals surface area contributed by atoms with Gasteiger partial charge in [0.15, 0.2) is 6.04 Å². The van der Waals surface area contributed by atoms with Gasteiger partial charge < -0.3 is 37.6 Å². The fraction of sp³-hybridized carbons (Fsp3) is 0.737. The van der Waals surface area contributed by atoms with Crippen molar-refractivity contribution in [1.82, 2.24) is 16.0 Å². The molecular weight excluding hydrogens is 474 g/mol. The number of aliphatic hydroxyl groups excluding tert-OH is 1. The second-order valence-electron chi connectivity index (χ2n) is 7.36. The van der Waals surface area contributed by atoms with Gasteiger partial charge in [0, 0.05) is 6.42 Å². The zero-order chi connectivity index (χ0) is 25.6. The molecule has 0 bridgehead atoms. The molecule has 9 N–H and O–H groups in total. The van der Waals surface area contributed by atoms with Crippen molar-refractivity contribution in [1.29, 1.82) is 0 Å². The van der Waals surface area contributed by atoms with Gasteiger partial charge in [0.25, 0.3) is 0 Å². The maximum Gasteiger partial charge on any atom is 0.328 e. The smallest absolute Gasteiger partial charge is 0.328 e. The van der Waals surface area contributed by atoms with Crippen molar-refractivity contribution in [3.63, 3.8) is 0 Å². The van der Waals surface area contributed by atoms with Crippen molar-refractivity contribution in [3.8, 4) is 0 Å². The van der Waals surface area contributed by atoms with Crippen molar-refractivity contribution in [2.45, 2.75) is 62.9 Å². The molecule has 33 heavy (non-hydrogen) atoms. The summed E-state index contributed by atoms with van der Waals surface area (Å²) in [7, 11) is 0. The number of carbonyl (C=O) groups excluding carboxylic acids is 4. The van der Waals surface area contributed by atoms with E-state index in [2.05, 4.69) is 16.0 Å². The monoisotopic (exact) mass is 509 g/mol. The highest BCUT2D eigenvalue weighted by atomic mass is 32.2. The number of primary amides is 1. The normalized spacial score (nSPS) is 15.4. The third kappa shape index (κ3) is 12.7. The van der Waals surface area contributed by atoms with Crippen LogP contribution in [-0.4, -0.2) is 94.1 Å². The SMILES string of the molecule is CSCCC(NC(=O)C(N)CCC(N)=O)C(=O)NC(CCSC)C(=O)NC(C(=O)O)C(C)O. The summed E-state index contributed by atoms with van der Waals surface area (Å²) >= 11 is 2.88. The second-order valence-corrected chi connectivity index (χ2v) is 9.33. The number of carbonyl (C=O) groups is 5. The summed E-state index contributed by atoms with van der Waals surface area (Å²) in [6.45, 7) is 1.23. The first-order valence-electron chi connectivity index (χ1n) is 10.3. The van der Waals surface area contributed by atoms with Gasteiger partial charge in [0.2, 0.25) is 23.6 Å². The Morgan fingerprint density at radius 2 is 1.30 bits per heavy atom. The molecule has 12 nitrogen and oxygen atoms in total. The lowest BCUT2D eigenvalue weighted by molar-refractivity contribution is -0.145. The summed E-state index contributed by atoms with van der Waals surface area (Å²) in [5, 5.41) is 26.1. The number of nitrogens with one attached hydrogen (secondary N) is 3. The molecule has 0 aliphatic heterocycles. The van der Waals surface area contributed by atoms with Gasteiger partial charge in [-0.05, 0) is 50.2 Å². The summed E-state index contributed by atoms with van der Waals surface area (Å²) in [5.41, 5.74) is 10.8. The number of aliphatic carboxylic acids is 1. The number of carboxylic acids is 1. The third-order valence-corrected chi connectivity index (χ3v) is 5.86. The van der Waals surface area contributed by atoms with Gasteiger partial charge in [0.1, 0.15) is 12.1 Å². The molecule has 0 fully saturated rings. The van der Waals surface area contributed by atoms with Crippen molar-refractivity contribution in [2.75, 3.05) is 24.0 Å². The van der Waals surface area contributed by atoms with E-state index in [9.17, 15) is 34.2 Å². The van der Waals surface area contributed by atoms with E-state index in [-0.39, 0.29) is 25.7 Å². The van der Waals surface area contributed by atoms with Crippen LogP contribution in [0, 0.1) is 0 Å². The number of hydrogen-bond donors (Lipinski definition) is 7. The highest BCUT2D eigenvalue weighted by Crippen LogP contribution is 2.07. The predicted molar refractivity (Wildman–Crippen MR) is 128 cm³/mol. The van der Waals surface area contributed by atoms with Gasteiger partial charge in [-0.15, -0.1) is 0 Å². The Balaban J connectivity index is 5.38. The lowest BCUT2D eigenvalue weighted by Gasteiger charge is -2.25. The van der Waals surface area contributed by atoms with E-state index in [1.807, 2.05) is 12.5 Å². The van der Waals surface area contributed by atoms with Crippen LogP contribution in [0.25, 0.3) is 0 Å². The van der Waals surface area contributed by atoms with Crippen LogP contribution in [0.1, 0.15) is 32.6 Å². The molecular formula is C19H35N5O7S2. The Morgan fingerprint density at radius 1 is 0.848 bits per heavy atom. The molecule has 0 aromatic rings. The molecule has 5 atom stereocenters. The van der Waals surface area contributed by atoms with Crippen LogP contribution in [0.3, 0.4) is 0 Å². The Kier molecular flexibility index (Phi) is 15.5. The largest absolute Gasteiger partial charge is 0.480 e. The maximum atomic E-state index is 12.9. The van der Waals surface area contributed by atoms with E-state index in [0.717, 1.165) is 0 Å². The summed E-state index contributed by atoms with van der Waals surface area (Å²) < 4.78 is 0. The highest BCUT2D eigenvalue weighted by molar-refractivity contribution is 7.98. The van der Waals surface area contributed by atoms with Gasteiger partial charge >= 0.3 is 5.97 Å². The van der Waals surface area contributed by atoms with Gasteiger partial charge in [-0.3, -0.25) is 19.2 Å². The van der Waals surface area contributed by atoms with Crippen LogP contribution in [0.5, 0.6) is 0 Å². The number of amides is 4. The average Bonchev–Trinajstić information content (AvgIpc) is 2.74. The third-order valence-electron chi connectivity index (χ3n) is 4.57. The van der Waals surface area contributed by atoms with Crippen LogP contribution in [0.2, 0.25) is 0 Å². The van der Waals surface area contributed by atoms with E-state index in [0.29, 0.717) is 11.5 Å². The van der Waals surface area contributed by atoms with E-state index in [1.54, 1.807) is 0 Å². The standard InChI is InChI=1S/C19H35N5O7S2/c1-10(25)15(19(30)31)24-18(29)13(7-9-33-3)23-17(28)12(6-8-32-2)22-16(27)11(20)4-5-14(21)26/h10-13,15,25H,4-9,20H2,1-3H3,(H2,21,26)(H,22,27)(H,23,28)(H,24,29)(H,30,31). The summed E-state index contributed by atoms with van der Waals surface area (Å²) in [5.74, 6) is -3.03. The number of rotatable bonds is 17. The fourth-order valence-corrected chi connectivity index (χ4v) is 3.57. The molecule has 0 rings (SSSR count). The van der Waals surface area contributed by atoms with Crippen molar-refractivity contribution in [3.05, 3.63) is 0 Å². The Hall–Kier alpha value is -2.03. The number of hydrogen-bond acceptors (Lipinski definition) is 9. The van der Waals surface area contributed by atoms with E-state index in [1.165, 1.54) is 30.4 Å². The number of carboxylic acid groups (broad SMARTS) is 1. The maximum absolute atomic E-state index is 12.9. The highest BCUT2D eigenvalue weighted by Gasteiger charge is 2.31. The summed E-state index contributed by atoms with van der Waals surface area (Å²) in [4.78, 5) is 60.1. The van der Waals surface area contributed by atoms with Crippen LogP contribution in [0.4, 0.5) is 0 Å². The van der Waals surface area contributed by atoms with Crippen molar-refractivity contribution < 1.29 is 34.2 Å². The van der Waals surface area contributed by atoms with Crippen LogP contribution in [-0.2, 0) is 24.0 Å². The first-order chi connectivity index (χ1) is 15.4. The molecule has 4 amide bonds. The lowest BCUT2D eigenvalue weighted by Crippen LogP contribution is -2.58. The zero-order valence-electron chi connectivity index (χ0n) is 19.0. The molecule has 0 aliphatic carbocycles. The van der Waals surface area contributed by atoms with Gasteiger partial charge in [0.05, 0.1) is 12.1 Å². The second kappa shape index (κ2) is 16.6. The molecule has 0 heterocycles. The Bertz CT molecular complexity index is 681. The molecule has 0 aromatic carbocycles. The van der Waals surface area contributed by atoms with E-state index >= 15 is 0 Å². The topological polar surface area (TPSA) is 214 Å². The Morgan fingerprint density at radius 3 is 1.70 bits per heavy atom. The number of thioether (sulfide) groups is 2. The predicted octanol–water partition coefficient (Wildman–Crippen LogP) is -1.99. The fourth-order valence-electron chi connectivity index (χ4n) is 2.63. The molecule has 0 radical (unpaired) electrons. The number of nitrogens with two attached hydrogens (primary N) is 2. The summed E-state index contributed by atoms with van der Waals surface area (Å²) in [6.07, 6.45) is 2.68. The van der Waals surface area contributed by atoms with Gasteiger partial charge in [-0.25, -0.2) is 4.79 Å². The quantitative estimate of drug-likeness (QED) is 0.114. The first kappa shape index (κ1) is 31.0. The first-order valence-corrected chi connectivity index (χ1v) is 13.1. The van der Waals surface area contributed by atoms with Crippen LogP contribution >= 0.6 is 23.5 Å². The molecule has 0 saturated carbocycles. The lowest BCUT2D eigenvalue weighted by atomic mass is 10.1. The molecule has 0 aromatic heterocycles. The van der Waals surface area contributed by atoms with Crippen molar-refractivity contribution in [2.24, 2.45) is 11.5 Å². The van der Waals surface area contributed by atoms with E-state index < -0.39 is 59.9 Å². The average molecular weight is 510 g/mol. The van der Waals surface area contributed by atoms with Gasteiger partial charge in [-0.1, -0.05) is 0 Å². The Labute approximate surface area is 201 Å². The summed E-state index contributed by atoms with van der Waals surface area (Å²) in [6, 6.07) is -4.66. The molecule has 0 spiro atoms. The molecule has 0 saturated heterocycles.